The van der Waals surface area contributed by atoms with E-state index in [4.69, 9.17) is 0 Å². The van der Waals surface area contributed by atoms with Crippen molar-refractivity contribution in [1.29, 1.82) is 0 Å². The third-order valence-corrected chi connectivity index (χ3v) is 4.30. The first-order valence-corrected chi connectivity index (χ1v) is 8.62. The van der Waals surface area contributed by atoms with Crippen LogP contribution in [0.15, 0.2) is 59.5 Å². The van der Waals surface area contributed by atoms with Gasteiger partial charge in [-0.1, -0.05) is 30.3 Å². The predicted octanol–water partition coefficient (Wildman–Crippen LogP) is 3.66. The van der Waals surface area contributed by atoms with Gasteiger partial charge in [0.25, 0.3) is 5.91 Å². The van der Waals surface area contributed by atoms with E-state index in [2.05, 4.69) is 29.4 Å². The quantitative estimate of drug-likeness (QED) is 0.625. The lowest BCUT2D eigenvalue weighted by molar-refractivity contribution is 0.0950. The summed E-state index contributed by atoms with van der Waals surface area (Å²) < 4.78 is 0. The van der Waals surface area contributed by atoms with Crippen LogP contribution in [0.25, 0.3) is 0 Å². The summed E-state index contributed by atoms with van der Waals surface area (Å²) in [5.74, 6) is 0.00677. The van der Waals surface area contributed by atoms with Gasteiger partial charge in [0.1, 0.15) is 0 Å². The molecule has 0 aromatic heterocycles. The van der Waals surface area contributed by atoms with Crippen LogP contribution < -0.4 is 10.2 Å². The minimum atomic E-state index is 0.00677. The number of para-hydroxylation sites is 1. The third-order valence-electron chi connectivity index (χ3n) is 3.50. The second kappa shape index (κ2) is 8.49. The van der Waals surface area contributed by atoms with Crippen LogP contribution in [0.3, 0.4) is 0 Å². The molecule has 0 radical (unpaired) electrons. The van der Waals surface area contributed by atoms with Gasteiger partial charge in [0.15, 0.2) is 0 Å². The lowest BCUT2D eigenvalue weighted by Crippen LogP contribution is -2.28. The van der Waals surface area contributed by atoms with Gasteiger partial charge in [-0.05, 0) is 36.9 Å². The van der Waals surface area contributed by atoms with Crippen LogP contribution >= 0.6 is 11.8 Å². The number of anilines is 1. The van der Waals surface area contributed by atoms with Crippen LogP contribution in [0, 0.1) is 0 Å². The maximum Gasteiger partial charge on any atom is 0.252 e. The van der Waals surface area contributed by atoms with E-state index in [9.17, 15) is 4.79 Å². The number of benzene rings is 2. The van der Waals surface area contributed by atoms with E-state index in [1.165, 1.54) is 5.69 Å². The maximum atomic E-state index is 12.2. The first-order valence-electron chi connectivity index (χ1n) is 7.40. The van der Waals surface area contributed by atoms with Crippen LogP contribution in [0.1, 0.15) is 16.8 Å². The Bertz CT molecular complexity index is 601. The Morgan fingerprint density at radius 2 is 1.77 bits per heavy atom. The highest BCUT2D eigenvalue weighted by Crippen LogP contribution is 2.19. The number of hydrogen-bond donors (Lipinski definition) is 1. The van der Waals surface area contributed by atoms with E-state index in [0.717, 1.165) is 23.4 Å². The fourth-order valence-corrected chi connectivity index (χ4v) is 2.85. The topological polar surface area (TPSA) is 32.3 Å². The van der Waals surface area contributed by atoms with Crippen LogP contribution in [0.5, 0.6) is 0 Å². The van der Waals surface area contributed by atoms with E-state index >= 15 is 0 Å². The number of hydrogen-bond acceptors (Lipinski definition) is 3. The molecule has 0 aliphatic carbocycles. The first kappa shape index (κ1) is 16.4. The number of rotatable bonds is 7. The molecule has 3 nitrogen and oxygen atoms in total. The molecule has 0 aliphatic heterocycles. The Balaban J connectivity index is 1.78. The maximum absolute atomic E-state index is 12.2. The zero-order chi connectivity index (χ0) is 15.8. The van der Waals surface area contributed by atoms with Gasteiger partial charge in [0.05, 0.1) is 5.56 Å². The molecule has 0 unspecified atom stereocenters. The lowest BCUT2D eigenvalue weighted by atomic mass is 10.2. The van der Waals surface area contributed by atoms with Gasteiger partial charge in [-0.25, -0.2) is 0 Å². The van der Waals surface area contributed by atoms with Gasteiger partial charge < -0.3 is 10.2 Å². The van der Waals surface area contributed by atoms with Crippen molar-refractivity contribution in [2.75, 3.05) is 31.3 Å². The Labute approximate surface area is 136 Å². The first-order chi connectivity index (χ1) is 10.7. The normalized spacial score (nSPS) is 10.3. The smallest absolute Gasteiger partial charge is 0.252 e. The summed E-state index contributed by atoms with van der Waals surface area (Å²) in [5, 5.41) is 3.00. The molecule has 22 heavy (non-hydrogen) atoms. The summed E-state index contributed by atoms with van der Waals surface area (Å²) in [6.07, 6.45) is 2.90. The van der Waals surface area contributed by atoms with Crippen LogP contribution in [0.4, 0.5) is 5.69 Å². The summed E-state index contributed by atoms with van der Waals surface area (Å²) in [7, 11) is 2.07. The monoisotopic (exact) mass is 314 g/mol. The standard InChI is InChI=1S/C18H22N2OS/c1-20(15-9-4-3-5-10-15)14-8-13-19-18(21)16-11-6-7-12-17(16)22-2/h3-7,9-12H,8,13-14H2,1-2H3,(H,19,21). The van der Waals surface area contributed by atoms with E-state index in [1.54, 1.807) is 11.8 Å². The van der Waals surface area contributed by atoms with Crippen molar-refractivity contribution in [2.24, 2.45) is 0 Å². The summed E-state index contributed by atoms with van der Waals surface area (Å²) in [6, 6.07) is 18.0. The van der Waals surface area contributed by atoms with E-state index in [-0.39, 0.29) is 5.91 Å². The second-order valence-corrected chi connectivity index (χ2v) is 5.91. The molecule has 2 rings (SSSR count). The van der Waals surface area contributed by atoms with Gasteiger partial charge >= 0.3 is 0 Å². The summed E-state index contributed by atoms with van der Waals surface area (Å²) in [4.78, 5) is 15.4. The average molecular weight is 314 g/mol. The molecule has 0 aliphatic rings. The molecule has 116 valence electrons. The van der Waals surface area contributed by atoms with E-state index < -0.39 is 0 Å². The van der Waals surface area contributed by atoms with Gasteiger partial charge in [0, 0.05) is 30.7 Å². The van der Waals surface area contributed by atoms with Crippen molar-refractivity contribution in [3.05, 3.63) is 60.2 Å². The Hall–Kier alpha value is -1.94. The van der Waals surface area contributed by atoms with Gasteiger partial charge in [-0.2, -0.15) is 0 Å². The summed E-state index contributed by atoms with van der Waals surface area (Å²) in [5.41, 5.74) is 1.95. The Kier molecular flexibility index (Phi) is 6.34. The van der Waals surface area contributed by atoms with Crippen LogP contribution in [0.2, 0.25) is 0 Å². The highest BCUT2D eigenvalue weighted by Gasteiger charge is 2.09. The molecule has 2 aromatic rings. The molecule has 0 fully saturated rings. The third kappa shape index (κ3) is 4.53. The van der Waals surface area contributed by atoms with Crippen molar-refractivity contribution >= 4 is 23.4 Å². The van der Waals surface area contributed by atoms with Crippen molar-refractivity contribution in [2.45, 2.75) is 11.3 Å². The molecule has 0 saturated carbocycles. The molecule has 1 N–H and O–H groups in total. The zero-order valence-corrected chi connectivity index (χ0v) is 13.9. The minimum absolute atomic E-state index is 0.00677. The number of nitrogens with one attached hydrogen (secondary N) is 1. The van der Waals surface area contributed by atoms with Crippen molar-refractivity contribution in [3.63, 3.8) is 0 Å². The average Bonchev–Trinajstić information content (AvgIpc) is 2.59. The van der Waals surface area contributed by atoms with E-state index in [1.807, 2.05) is 48.7 Å². The zero-order valence-electron chi connectivity index (χ0n) is 13.1. The molecule has 0 bridgehead atoms. The molecule has 2 aromatic carbocycles. The fourth-order valence-electron chi connectivity index (χ4n) is 2.26. The number of carbonyl (C=O) groups is 1. The molecular weight excluding hydrogens is 292 g/mol. The molecule has 0 heterocycles. The Morgan fingerprint density at radius 3 is 2.50 bits per heavy atom. The molecule has 4 heteroatoms. The van der Waals surface area contributed by atoms with E-state index in [0.29, 0.717) is 6.54 Å². The molecule has 0 saturated heterocycles. The molecule has 0 spiro atoms. The molecular formula is C18H22N2OS. The Morgan fingerprint density at radius 1 is 1.09 bits per heavy atom. The molecule has 1 amide bonds. The number of nitrogens with zero attached hydrogens (tertiary/aromatic N) is 1. The lowest BCUT2D eigenvalue weighted by Gasteiger charge is -2.19. The summed E-state index contributed by atoms with van der Waals surface area (Å²) in [6.45, 7) is 1.59. The van der Waals surface area contributed by atoms with Crippen molar-refractivity contribution in [3.8, 4) is 0 Å². The largest absolute Gasteiger partial charge is 0.375 e. The highest BCUT2D eigenvalue weighted by atomic mass is 32.2. The fraction of sp³-hybridized carbons (Fsp3) is 0.278. The van der Waals surface area contributed by atoms with Crippen molar-refractivity contribution < 1.29 is 4.79 Å². The van der Waals surface area contributed by atoms with Gasteiger partial charge in [0.2, 0.25) is 0 Å². The predicted molar refractivity (Wildman–Crippen MR) is 94.9 cm³/mol. The summed E-state index contributed by atoms with van der Waals surface area (Å²) >= 11 is 1.60. The van der Waals surface area contributed by atoms with Crippen LogP contribution in [-0.4, -0.2) is 32.3 Å². The number of amides is 1. The SMILES string of the molecule is CSc1ccccc1C(=O)NCCCN(C)c1ccccc1. The van der Waals surface area contributed by atoms with Gasteiger partial charge in [-0.3, -0.25) is 4.79 Å². The minimum Gasteiger partial charge on any atom is -0.375 e. The van der Waals surface area contributed by atoms with Crippen LogP contribution in [-0.2, 0) is 0 Å². The van der Waals surface area contributed by atoms with Crippen molar-refractivity contribution in [1.82, 2.24) is 5.32 Å². The number of thioether (sulfide) groups is 1. The molecule has 0 atom stereocenters. The second-order valence-electron chi connectivity index (χ2n) is 5.07. The van der Waals surface area contributed by atoms with Gasteiger partial charge in [-0.15, -0.1) is 11.8 Å². The highest BCUT2D eigenvalue weighted by molar-refractivity contribution is 7.98. The number of carbonyl (C=O) groups excluding carboxylic acids is 1.